The molecule has 1 heterocycles. The molecule has 1 aliphatic carbocycles. The lowest BCUT2D eigenvalue weighted by Crippen LogP contribution is -2.12. The average molecular weight is 270 g/mol. The number of benzene rings is 1. The summed E-state index contributed by atoms with van der Waals surface area (Å²) in [5, 5.41) is 10.1. The number of aliphatic hydroxyl groups is 1. The zero-order chi connectivity index (χ0) is 14.3. The topological polar surface area (TPSA) is 28.4 Å². The van der Waals surface area contributed by atoms with Crippen molar-refractivity contribution in [2.75, 3.05) is 19.0 Å². The Morgan fingerprint density at radius 1 is 1.20 bits per heavy atom. The van der Waals surface area contributed by atoms with Crippen LogP contribution in [-0.2, 0) is 6.42 Å². The lowest BCUT2D eigenvalue weighted by Gasteiger charge is -2.21. The van der Waals surface area contributed by atoms with Crippen LogP contribution < -0.4 is 4.90 Å². The van der Waals surface area contributed by atoms with Gasteiger partial charge in [-0.3, -0.25) is 0 Å². The first-order valence-corrected chi connectivity index (χ1v) is 7.25. The summed E-state index contributed by atoms with van der Waals surface area (Å²) >= 11 is 0. The average Bonchev–Trinajstić information content (AvgIpc) is 2.77. The first-order valence-electron chi connectivity index (χ1n) is 7.25. The van der Waals surface area contributed by atoms with E-state index in [1.807, 2.05) is 14.1 Å². The minimum absolute atomic E-state index is 0.292. The molecule has 1 aliphatic rings. The fourth-order valence-electron chi connectivity index (χ4n) is 3.14. The Balaban J connectivity index is 2.06. The Morgan fingerprint density at radius 2 is 1.90 bits per heavy atom. The molecular formula is C17H22N2O. The molecule has 1 N–H and O–H groups in total. The summed E-state index contributed by atoms with van der Waals surface area (Å²) in [6.45, 7) is 2.12. The van der Waals surface area contributed by atoms with Crippen molar-refractivity contribution in [1.29, 1.82) is 0 Å². The van der Waals surface area contributed by atoms with Crippen molar-refractivity contribution in [3.63, 3.8) is 0 Å². The van der Waals surface area contributed by atoms with Crippen molar-refractivity contribution in [3.05, 3.63) is 47.3 Å². The molecule has 20 heavy (non-hydrogen) atoms. The molecule has 0 amide bonds. The van der Waals surface area contributed by atoms with Crippen LogP contribution in [0.4, 0.5) is 5.69 Å². The monoisotopic (exact) mass is 270 g/mol. The number of nitrogens with zero attached hydrogens (tertiary/aromatic N) is 2. The van der Waals surface area contributed by atoms with E-state index in [2.05, 4.69) is 46.7 Å². The predicted octanol–water partition coefficient (Wildman–Crippen LogP) is 3.22. The zero-order valence-corrected chi connectivity index (χ0v) is 12.4. The van der Waals surface area contributed by atoms with Gasteiger partial charge in [0.15, 0.2) is 0 Å². The molecule has 0 saturated carbocycles. The second-order valence-electron chi connectivity index (χ2n) is 5.84. The quantitative estimate of drug-likeness (QED) is 0.907. The highest BCUT2D eigenvalue weighted by atomic mass is 16.3. The first kappa shape index (κ1) is 13.3. The smallest absolute Gasteiger partial charge is 0.0807 e. The van der Waals surface area contributed by atoms with Gasteiger partial charge in [-0.15, -0.1) is 0 Å². The first-order chi connectivity index (χ1) is 9.58. The molecule has 0 fully saturated rings. The Bertz CT molecular complexity index is 611. The maximum Gasteiger partial charge on any atom is 0.0807 e. The van der Waals surface area contributed by atoms with Gasteiger partial charge in [-0.2, -0.15) is 0 Å². The number of hydrogen-bond acceptors (Lipinski definition) is 2. The van der Waals surface area contributed by atoms with Gasteiger partial charge in [-0.25, -0.2) is 0 Å². The van der Waals surface area contributed by atoms with Crippen molar-refractivity contribution in [2.24, 2.45) is 0 Å². The molecule has 1 unspecified atom stereocenters. The minimum Gasteiger partial charge on any atom is -0.388 e. The molecule has 3 heteroatoms. The van der Waals surface area contributed by atoms with Gasteiger partial charge in [0.1, 0.15) is 0 Å². The largest absolute Gasteiger partial charge is 0.388 e. The maximum atomic E-state index is 10.1. The van der Waals surface area contributed by atoms with Gasteiger partial charge in [0, 0.05) is 42.4 Å². The third-order valence-corrected chi connectivity index (χ3v) is 4.19. The number of rotatable bonds is 2. The Labute approximate surface area is 120 Å². The lowest BCUT2D eigenvalue weighted by atomic mass is 9.95. The van der Waals surface area contributed by atoms with Crippen molar-refractivity contribution < 1.29 is 5.11 Å². The fraction of sp³-hybridized carbons (Fsp3) is 0.412. The van der Waals surface area contributed by atoms with Gasteiger partial charge < -0.3 is 14.6 Å². The molecule has 0 bridgehead atoms. The van der Waals surface area contributed by atoms with Gasteiger partial charge in [0.25, 0.3) is 0 Å². The Kier molecular flexibility index (Phi) is 3.30. The number of aromatic nitrogens is 1. The number of aryl methyl sites for hydroxylation is 1. The van der Waals surface area contributed by atoms with Crippen LogP contribution >= 0.6 is 0 Å². The van der Waals surface area contributed by atoms with Crippen LogP contribution in [0, 0.1) is 6.92 Å². The summed E-state index contributed by atoms with van der Waals surface area (Å²) in [4.78, 5) is 2.10. The van der Waals surface area contributed by atoms with E-state index in [9.17, 15) is 5.11 Å². The van der Waals surface area contributed by atoms with Crippen molar-refractivity contribution >= 4 is 5.69 Å². The minimum atomic E-state index is -0.292. The van der Waals surface area contributed by atoms with E-state index in [-0.39, 0.29) is 6.10 Å². The predicted molar refractivity (Wildman–Crippen MR) is 82.7 cm³/mol. The highest BCUT2D eigenvalue weighted by Crippen LogP contribution is 2.34. The summed E-state index contributed by atoms with van der Waals surface area (Å²) in [5.74, 6) is 0. The van der Waals surface area contributed by atoms with Crippen LogP contribution in [0.1, 0.15) is 35.9 Å². The normalized spacial score (nSPS) is 17.9. The second kappa shape index (κ2) is 4.98. The lowest BCUT2D eigenvalue weighted by molar-refractivity contribution is 0.156. The molecule has 0 aliphatic heterocycles. The van der Waals surface area contributed by atoms with Crippen LogP contribution in [-0.4, -0.2) is 23.8 Å². The summed E-state index contributed by atoms with van der Waals surface area (Å²) in [6, 6.07) is 10.7. The molecule has 0 spiro atoms. The van der Waals surface area contributed by atoms with E-state index in [0.717, 1.165) is 24.8 Å². The van der Waals surface area contributed by atoms with Crippen molar-refractivity contribution in [1.82, 2.24) is 4.57 Å². The van der Waals surface area contributed by atoms with Crippen LogP contribution in [0.5, 0.6) is 0 Å². The number of aliphatic hydroxyl groups excluding tert-OH is 1. The standard InChI is InChI=1S/C17H22N2O/c1-12-11-15-16(5-4-6-17(15)20)19(12)14-9-7-13(8-10-14)18(2)3/h7-11,17,20H,4-6H2,1-3H3. The highest BCUT2D eigenvalue weighted by Gasteiger charge is 2.23. The summed E-state index contributed by atoms with van der Waals surface area (Å²) in [7, 11) is 4.10. The zero-order valence-electron chi connectivity index (χ0n) is 12.4. The summed E-state index contributed by atoms with van der Waals surface area (Å²) in [5.41, 5.74) is 5.98. The SMILES string of the molecule is Cc1cc2c(n1-c1ccc(N(C)C)cc1)CCCC2O. The van der Waals surface area contributed by atoms with E-state index in [1.165, 1.54) is 22.8 Å². The number of fused-ring (bicyclic) bond motifs is 1. The molecule has 2 aromatic rings. The van der Waals surface area contributed by atoms with E-state index in [1.54, 1.807) is 0 Å². The fourth-order valence-corrected chi connectivity index (χ4v) is 3.14. The molecule has 1 aromatic carbocycles. The highest BCUT2D eigenvalue weighted by molar-refractivity contribution is 5.52. The van der Waals surface area contributed by atoms with Gasteiger partial charge in [0.05, 0.1) is 6.10 Å². The summed E-state index contributed by atoms with van der Waals surface area (Å²) < 4.78 is 2.29. The van der Waals surface area contributed by atoms with Gasteiger partial charge in [-0.05, 0) is 56.5 Å². The van der Waals surface area contributed by atoms with Gasteiger partial charge in [0.2, 0.25) is 0 Å². The van der Waals surface area contributed by atoms with E-state index >= 15 is 0 Å². The third-order valence-electron chi connectivity index (χ3n) is 4.19. The Morgan fingerprint density at radius 3 is 2.55 bits per heavy atom. The van der Waals surface area contributed by atoms with Gasteiger partial charge >= 0.3 is 0 Å². The molecule has 3 rings (SSSR count). The molecule has 106 valence electrons. The third kappa shape index (κ3) is 2.12. The number of anilines is 1. The van der Waals surface area contributed by atoms with Crippen LogP contribution in [0.15, 0.2) is 30.3 Å². The molecule has 1 atom stereocenters. The van der Waals surface area contributed by atoms with Crippen LogP contribution in [0.25, 0.3) is 5.69 Å². The number of hydrogen-bond donors (Lipinski definition) is 1. The van der Waals surface area contributed by atoms with E-state index in [0.29, 0.717) is 0 Å². The van der Waals surface area contributed by atoms with Crippen LogP contribution in [0.3, 0.4) is 0 Å². The molecule has 0 saturated heterocycles. The van der Waals surface area contributed by atoms with E-state index < -0.39 is 0 Å². The molecular weight excluding hydrogens is 248 g/mol. The summed E-state index contributed by atoms with van der Waals surface area (Å²) in [6.07, 6.45) is 2.71. The Hall–Kier alpha value is -1.74. The van der Waals surface area contributed by atoms with E-state index in [4.69, 9.17) is 0 Å². The second-order valence-corrected chi connectivity index (χ2v) is 5.84. The molecule has 3 nitrogen and oxygen atoms in total. The van der Waals surface area contributed by atoms with Crippen molar-refractivity contribution in [3.8, 4) is 5.69 Å². The van der Waals surface area contributed by atoms with Crippen LogP contribution in [0.2, 0.25) is 0 Å². The van der Waals surface area contributed by atoms with Gasteiger partial charge in [-0.1, -0.05) is 0 Å². The van der Waals surface area contributed by atoms with Crippen molar-refractivity contribution in [2.45, 2.75) is 32.3 Å². The molecule has 0 radical (unpaired) electrons. The maximum absolute atomic E-state index is 10.1. The molecule has 1 aromatic heterocycles.